The fraction of sp³-hybridized carbons (Fsp3) is 0.385. The van der Waals surface area contributed by atoms with Gasteiger partial charge in [0.25, 0.3) is 0 Å². The molecule has 0 aromatic carbocycles. The van der Waals surface area contributed by atoms with Gasteiger partial charge in [0.1, 0.15) is 13.2 Å². The highest BCUT2D eigenvalue weighted by atomic mass is 16.5. The van der Waals surface area contributed by atoms with E-state index in [-0.39, 0.29) is 30.9 Å². The SMILES string of the molecule is C=C(C)C(=O)OCC=NC(=O)NCCOC(=O)C(=C)C. The van der Waals surface area contributed by atoms with E-state index in [4.69, 9.17) is 9.47 Å². The zero-order chi connectivity index (χ0) is 15.5. The first kappa shape index (κ1) is 17.6. The van der Waals surface area contributed by atoms with Crippen molar-refractivity contribution in [3.05, 3.63) is 24.3 Å². The van der Waals surface area contributed by atoms with Gasteiger partial charge in [-0.25, -0.2) is 19.4 Å². The minimum Gasteiger partial charge on any atom is -0.460 e. The maximum Gasteiger partial charge on any atom is 0.340 e. The fourth-order valence-corrected chi connectivity index (χ4v) is 0.827. The summed E-state index contributed by atoms with van der Waals surface area (Å²) in [6, 6.07) is -0.622. The van der Waals surface area contributed by atoms with E-state index in [1.807, 2.05) is 0 Å². The number of carbonyl (C=O) groups excluding carboxylic acids is 3. The molecule has 7 heteroatoms. The molecule has 0 saturated carbocycles. The Labute approximate surface area is 117 Å². The topological polar surface area (TPSA) is 94.1 Å². The van der Waals surface area contributed by atoms with Crippen LogP contribution in [0.25, 0.3) is 0 Å². The van der Waals surface area contributed by atoms with Gasteiger partial charge in [-0.15, -0.1) is 0 Å². The van der Waals surface area contributed by atoms with Gasteiger partial charge >= 0.3 is 18.0 Å². The number of hydrogen-bond donors (Lipinski definition) is 1. The molecule has 7 nitrogen and oxygen atoms in total. The molecule has 0 rings (SSSR count). The molecule has 0 radical (unpaired) electrons. The molecule has 2 amide bonds. The van der Waals surface area contributed by atoms with Crippen LogP contribution in [0.3, 0.4) is 0 Å². The van der Waals surface area contributed by atoms with Crippen molar-refractivity contribution in [3.63, 3.8) is 0 Å². The number of esters is 2. The Morgan fingerprint density at radius 2 is 1.65 bits per heavy atom. The van der Waals surface area contributed by atoms with Crippen LogP contribution in [0.1, 0.15) is 13.8 Å². The molecule has 0 aliphatic heterocycles. The van der Waals surface area contributed by atoms with E-state index in [0.29, 0.717) is 0 Å². The van der Waals surface area contributed by atoms with E-state index in [9.17, 15) is 14.4 Å². The van der Waals surface area contributed by atoms with Crippen molar-refractivity contribution in [2.24, 2.45) is 4.99 Å². The third-order valence-corrected chi connectivity index (χ3v) is 1.81. The predicted octanol–water partition coefficient (Wildman–Crippen LogP) is 1.01. The van der Waals surface area contributed by atoms with Crippen LogP contribution in [-0.4, -0.2) is 43.9 Å². The Bertz CT molecular complexity index is 440. The predicted molar refractivity (Wildman–Crippen MR) is 73.4 cm³/mol. The molecule has 0 fully saturated rings. The minimum atomic E-state index is -0.622. The van der Waals surface area contributed by atoms with E-state index in [2.05, 4.69) is 23.5 Å². The van der Waals surface area contributed by atoms with Crippen LogP contribution in [0.15, 0.2) is 29.3 Å². The second-order valence-corrected chi connectivity index (χ2v) is 3.84. The van der Waals surface area contributed by atoms with Crippen LogP contribution in [-0.2, 0) is 19.1 Å². The maximum absolute atomic E-state index is 11.2. The van der Waals surface area contributed by atoms with Gasteiger partial charge in [-0.3, -0.25) is 0 Å². The Hall–Kier alpha value is -2.44. The molecular formula is C13H18N2O5. The molecule has 0 saturated heterocycles. The van der Waals surface area contributed by atoms with Crippen molar-refractivity contribution in [1.82, 2.24) is 5.32 Å². The van der Waals surface area contributed by atoms with Crippen molar-refractivity contribution < 1.29 is 23.9 Å². The summed E-state index contributed by atoms with van der Waals surface area (Å²) in [6.45, 7) is 9.88. The Kier molecular flexibility index (Phi) is 8.33. The van der Waals surface area contributed by atoms with Crippen LogP contribution in [0, 0.1) is 0 Å². The summed E-state index contributed by atoms with van der Waals surface area (Å²) in [7, 11) is 0. The molecule has 0 bridgehead atoms. The first-order valence-electron chi connectivity index (χ1n) is 5.80. The summed E-state index contributed by atoms with van der Waals surface area (Å²) in [5.74, 6) is -1.07. The highest BCUT2D eigenvalue weighted by Gasteiger charge is 2.03. The molecule has 110 valence electrons. The van der Waals surface area contributed by atoms with Gasteiger partial charge in [-0.05, 0) is 13.8 Å². The van der Waals surface area contributed by atoms with Gasteiger partial charge in [-0.2, -0.15) is 0 Å². The smallest absolute Gasteiger partial charge is 0.340 e. The molecular weight excluding hydrogens is 264 g/mol. The van der Waals surface area contributed by atoms with Gasteiger partial charge in [0.05, 0.1) is 6.54 Å². The third kappa shape index (κ3) is 8.62. The Morgan fingerprint density at radius 3 is 2.20 bits per heavy atom. The maximum atomic E-state index is 11.2. The van der Waals surface area contributed by atoms with Crippen LogP contribution in [0.5, 0.6) is 0 Å². The number of urea groups is 1. The molecule has 0 aromatic heterocycles. The molecule has 0 aliphatic rings. The number of nitrogens with one attached hydrogen (secondary N) is 1. The number of nitrogens with zero attached hydrogens (tertiary/aromatic N) is 1. The number of rotatable bonds is 7. The van der Waals surface area contributed by atoms with E-state index >= 15 is 0 Å². The number of ether oxygens (including phenoxy) is 2. The molecule has 0 heterocycles. The lowest BCUT2D eigenvalue weighted by Gasteiger charge is -2.04. The fourth-order valence-electron chi connectivity index (χ4n) is 0.827. The first-order chi connectivity index (χ1) is 9.34. The van der Waals surface area contributed by atoms with Crippen molar-refractivity contribution >= 4 is 24.2 Å². The van der Waals surface area contributed by atoms with Crippen molar-refractivity contribution in [1.29, 1.82) is 0 Å². The lowest BCUT2D eigenvalue weighted by atomic mass is 10.4. The van der Waals surface area contributed by atoms with Crippen LogP contribution in [0.4, 0.5) is 4.79 Å². The average molecular weight is 282 g/mol. The Balaban J connectivity index is 3.73. The lowest BCUT2D eigenvalue weighted by molar-refractivity contribution is -0.139. The highest BCUT2D eigenvalue weighted by Crippen LogP contribution is 1.91. The molecule has 20 heavy (non-hydrogen) atoms. The minimum absolute atomic E-state index is 0.0254. The van der Waals surface area contributed by atoms with Crippen molar-refractivity contribution in [3.8, 4) is 0 Å². The standard InChI is InChI=1S/C13H18N2O5/c1-9(2)11(16)19-7-5-14-13(18)15-6-8-20-12(17)10(3)4/h5H,1,3,6-8H2,2,4H3,(H,15,18). The summed E-state index contributed by atoms with van der Waals surface area (Å²) < 4.78 is 9.44. The van der Waals surface area contributed by atoms with Gasteiger partial charge < -0.3 is 14.8 Å². The number of amides is 2. The van der Waals surface area contributed by atoms with Crippen molar-refractivity contribution in [2.45, 2.75) is 13.8 Å². The molecule has 0 aromatic rings. The van der Waals surface area contributed by atoms with E-state index in [1.165, 1.54) is 13.8 Å². The molecule has 0 aliphatic carbocycles. The first-order valence-corrected chi connectivity index (χ1v) is 5.80. The van der Waals surface area contributed by atoms with Crippen LogP contribution >= 0.6 is 0 Å². The van der Waals surface area contributed by atoms with Crippen LogP contribution < -0.4 is 5.32 Å². The van der Waals surface area contributed by atoms with Gasteiger partial charge in [0, 0.05) is 17.4 Å². The second-order valence-electron chi connectivity index (χ2n) is 3.84. The summed E-state index contributed by atoms with van der Waals surface area (Å²) in [4.78, 5) is 36.6. The average Bonchev–Trinajstić information content (AvgIpc) is 2.38. The quantitative estimate of drug-likeness (QED) is 0.325. The monoisotopic (exact) mass is 282 g/mol. The lowest BCUT2D eigenvalue weighted by Crippen LogP contribution is -2.25. The number of carbonyl (C=O) groups is 3. The van der Waals surface area contributed by atoms with Crippen molar-refractivity contribution in [2.75, 3.05) is 19.8 Å². The van der Waals surface area contributed by atoms with Gasteiger partial charge in [0.2, 0.25) is 0 Å². The normalized spacial score (nSPS) is 9.90. The largest absolute Gasteiger partial charge is 0.460 e. The zero-order valence-electron chi connectivity index (χ0n) is 11.6. The summed E-state index contributed by atoms with van der Waals surface area (Å²) >= 11 is 0. The molecule has 0 unspecified atom stereocenters. The highest BCUT2D eigenvalue weighted by molar-refractivity contribution is 5.89. The summed E-state index contributed by atoms with van der Waals surface area (Å²) in [5, 5.41) is 2.39. The molecule has 0 spiro atoms. The van der Waals surface area contributed by atoms with E-state index < -0.39 is 18.0 Å². The Morgan fingerprint density at radius 1 is 1.10 bits per heavy atom. The zero-order valence-corrected chi connectivity index (χ0v) is 11.6. The molecule has 1 N–H and O–H groups in total. The molecule has 0 atom stereocenters. The second kappa shape index (κ2) is 9.48. The third-order valence-electron chi connectivity index (χ3n) is 1.81. The van der Waals surface area contributed by atoms with Crippen LogP contribution in [0.2, 0.25) is 0 Å². The summed E-state index contributed by atoms with van der Waals surface area (Å²) in [5.41, 5.74) is 0.552. The van der Waals surface area contributed by atoms with E-state index in [0.717, 1.165) is 6.21 Å². The number of aliphatic imine (C=N–C) groups is 1. The van der Waals surface area contributed by atoms with Gasteiger partial charge in [0.15, 0.2) is 0 Å². The van der Waals surface area contributed by atoms with Gasteiger partial charge in [-0.1, -0.05) is 13.2 Å². The van der Waals surface area contributed by atoms with E-state index in [1.54, 1.807) is 0 Å². The number of hydrogen-bond acceptors (Lipinski definition) is 5. The summed E-state index contributed by atoms with van der Waals surface area (Å²) in [6.07, 6.45) is 1.15.